The summed E-state index contributed by atoms with van der Waals surface area (Å²) < 4.78 is 5.33. The van der Waals surface area contributed by atoms with Crippen LogP contribution in [0, 0.1) is 17.8 Å². The molecule has 2 amide bonds. The fraction of sp³-hybridized carbons (Fsp3) is 0.600. The smallest absolute Gasteiger partial charge is 0.407 e. The summed E-state index contributed by atoms with van der Waals surface area (Å²) in [4.78, 5) is 43.3. The highest BCUT2D eigenvalue weighted by atomic mass is 16.6. The average molecular weight is 523 g/mol. The van der Waals surface area contributed by atoms with Crippen molar-refractivity contribution >= 4 is 35.0 Å². The second-order valence-electron chi connectivity index (χ2n) is 11.9. The lowest BCUT2D eigenvalue weighted by atomic mass is 9.82. The average Bonchev–Trinajstić information content (AvgIpc) is 2.90. The maximum atomic E-state index is 13.4. The van der Waals surface area contributed by atoms with Gasteiger partial charge in [0.2, 0.25) is 0 Å². The number of nitrogens with zero attached hydrogens (tertiary/aromatic N) is 2. The Kier molecular flexibility index (Phi) is 9.23. The number of fused-ring (bicyclic) bond motifs is 1. The molecular weight excluding hydrogens is 480 g/mol. The zero-order valence-electron chi connectivity index (χ0n) is 23.0. The number of anilines is 1. The van der Waals surface area contributed by atoms with Gasteiger partial charge in [-0.05, 0) is 89.2 Å². The minimum absolute atomic E-state index is 0.0607. The van der Waals surface area contributed by atoms with Gasteiger partial charge in [-0.15, -0.1) is 0 Å². The van der Waals surface area contributed by atoms with E-state index in [9.17, 15) is 14.4 Å². The number of benzene rings is 1. The summed E-state index contributed by atoms with van der Waals surface area (Å²) in [7, 11) is 0. The lowest BCUT2D eigenvalue weighted by Gasteiger charge is -2.32. The van der Waals surface area contributed by atoms with Crippen LogP contribution in [0.4, 0.5) is 10.6 Å². The topological polar surface area (TPSA) is 101 Å². The molecule has 2 aromatic rings. The number of amides is 2. The predicted molar refractivity (Wildman–Crippen MR) is 149 cm³/mol. The Bertz CT molecular complexity index is 1110. The fourth-order valence-corrected chi connectivity index (χ4v) is 5.56. The predicted octanol–water partition coefficient (Wildman–Crippen LogP) is 5.10. The first kappa shape index (κ1) is 27.9. The number of ether oxygens (including phenoxy) is 1. The molecule has 8 nitrogen and oxygen atoms in total. The summed E-state index contributed by atoms with van der Waals surface area (Å²) in [6.07, 6.45) is 7.31. The van der Waals surface area contributed by atoms with E-state index in [0.717, 1.165) is 74.6 Å². The first-order chi connectivity index (χ1) is 18.2. The Morgan fingerprint density at radius 2 is 1.61 bits per heavy atom. The highest BCUT2D eigenvalue weighted by Gasteiger charge is 2.25. The minimum Gasteiger partial charge on any atom is -0.444 e. The zero-order valence-corrected chi connectivity index (χ0v) is 23.0. The first-order valence-corrected chi connectivity index (χ1v) is 14.0. The van der Waals surface area contributed by atoms with Gasteiger partial charge < -0.3 is 25.1 Å². The molecule has 0 atom stereocenters. The van der Waals surface area contributed by atoms with Gasteiger partial charge in [-0.2, -0.15) is 0 Å². The van der Waals surface area contributed by atoms with Gasteiger partial charge in [0.05, 0.1) is 11.1 Å². The number of piperidine rings is 1. The van der Waals surface area contributed by atoms with Gasteiger partial charge in [0, 0.05) is 38.0 Å². The van der Waals surface area contributed by atoms with Gasteiger partial charge >= 0.3 is 6.09 Å². The number of alkyl carbamates (subject to hydrolysis) is 1. The largest absolute Gasteiger partial charge is 0.444 e. The Labute approximate surface area is 225 Å². The standard InChI is InChI=1S/C30H42N4O4/c1-30(2,3)38-29(37)32-20-23-10-8-22(9-11-23)19-31-28(36)25-18-27(33-26-7-5-4-6-24(25)26)34-15-12-21(13-16-34)14-17-35/h4-7,17-18,21-23H,8-16,19-20H2,1-3H3,(H,31,36)(H,32,37). The molecule has 1 aromatic carbocycles. The maximum absolute atomic E-state index is 13.4. The van der Waals surface area contributed by atoms with Crippen molar-refractivity contribution < 1.29 is 19.1 Å². The molecule has 0 bridgehead atoms. The third-order valence-electron chi connectivity index (χ3n) is 7.77. The fourth-order valence-electron chi connectivity index (χ4n) is 5.56. The van der Waals surface area contributed by atoms with E-state index in [0.29, 0.717) is 42.8 Å². The van der Waals surface area contributed by atoms with Crippen LogP contribution in [0.25, 0.3) is 10.9 Å². The molecule has 2 N–H and O–H groups in total. The molecule has 1 aliphatic heterocycles. The molecular formula is C30H42N4O4. The molecule has 206 valence electrons. The lowest BCUT2D eigenvalue weighted by Crippen LogP contribution is -2.37. The summed E-state index contributed by atoms with van der Waals surface area (Å²) in [6, 6.07) is 9.74. The Balaban J connectivity index is 1.31. The van der Waals surface area contributed by atoms with Gasteiger partial charge in [0.25, 0.3) is 5.91 Å². The number of aldehydes is 1. The van der Waals surface area contributed by atoms with E-state index in [1.165, 1.54) is 0 Å². The van der Waals surface area contributed by atoms with Crippen molar-refractivity contribution in [3.8, 4) is 0 Å². The number of carbonyl (C=O) groups excluding carboxylic acids is 3. The molecule has 1 aromatic heterocycles. The number of carbonyl (C=O) groups is 3. The molecule has 8 heteroatoms. The SMILES string of the molecule is CC(C)(C)OC(=O)NCC1CCC(CNC(=O)c2cc(N3CCC(CC=O)CC3)nc3ccccc23)CC1. The normalized spacial score (nSPS) is 20.7. The number of hydrogen-bond acceptors (Lipinski definition) is 6. The van der Waals surface area contributed by atoms with Crippen LogP contribution in [0.2, 0.25) is 0 Å². The van der Waals surface area contributed by atoms with Gasteiger partial charge in [-0.1, -0.05) is 18.2 Å². The molecule has 38 heavy (non-hydrogen) atoms. The summed E-state index contributed by atoms with van der Waals surface area (Å²) in [6.45, 7) is 8.55. The molecule has 2 fully saturated rings. The Hall–Kier alpha value is -3.16. The van der Waals surface area contributed by atoms with Crippen LogP contribution in [-0.4, -0.2) is 55.1 Å². The molecule has 1 aliphatic carbocycles. The maximum Gasteiger partial charge on any atom is 0.407 e. The van der Waals surface area contributed by atoms with Crippen LogP contribution >= 0.6 is 0 Å². The van der Waals surface area contributed by atoms with E-state index in [2.05, 4.69) is 15.5 Å². The number of rotatable bonds is 8. The summed E-state index contributed by atoms with van der Waals surface area (Å²) in [5.74, 6) is 2.08. The van der Waals surface area contributed by atoms with Crippen LogP contribution in [0.15, 0.2) is 30.3 Å². The van der Waals surface area contributed by atoms with Gasteiger partial charge in [-0.25, -0.2) is 9.78 Å². The number of nitrogens with one attached hydrogen (secondary N) is 2. The van der Waals surface area contributed by atoms with Gasteiger partial charge in [0.1, 0.15) is 17.7 Å². The highest BCUT2D eigenvalue weighted by Crippen LogP contribution is 2.30. The van der Waals surface area contributed by atoms with Crippen LogP contribution in [-0.2, 0) is 9.53 Å². The minimum atomic E-state index is -0.491. The van der Waals surface area contributed by atoms with E-state index in [-0.39, 0.29) is 12.0 Å². The number of hydrogen-bond donors (Lipinski definition) is 2. The Morgan fingerprint density at radius 3 is 2.24 bits per heavy atom. The second-order valence-corrected chi connectivity index (χ2v) is 11.9. The molecule has 1 saturated carbocycles. The lowest BCUT2D eigenvalue weighted by molar-refractivity contribution is -0.108. The van der Waals surface area contributed by atoms with E-state index >= 15 is 0 Å². The Morgan fingerprint density at radius 1 is 0.974 bits per heavy atom. The zero-order chi connectivity index (χ0) is 27.1. The van der Waals surface area contributed by atoms with Crippen molar-refractivity contribution in [1.29, 1.82) is 0 Å². The van der Waals surface area contributed by atoms with Crippen molar-refractivity contribution in [3.63, 3.8) is 0 Å². The number of para-hydroxylation sites is 1. The summed E-state index contributed by atoms with van der Waals surface area (Å²) in [5.41, 5.74) is 0.994. The van der Waals surface area contributed by atoms with E-state index in [1.54, 1.807) is 0 Å². The highest BCUT2D eigenvalue weighted by molar-refractivity contribution is 6.07. The number of pyridine rings is 1. The van der Waals surface area contributed by atoms with Crippen molar-refractivity contribution in [2.75, 3.05) is 31.1 Å². The molecule has 4 rings (SSSR count). The molecule has 1 saturated heterocycles. The summed E-state index contributed by atoms with van der Waals surface area (Å²) >= 11 is 0. The number of aromatic nitrogens is 1. The van der Waals surface area contributed by atoms with Gasteiger partial charge in [-0.3, -0.25) is 4.79 Å². The van der Waals surface area contributed by atoms with Crippen LogP contribution < -0.4 is 15.5 Å². The third-order valence-corrected chi connectivity index (χ3v) is 7.77. The van der Waals surface area contributed by atoms with Crippen LogP contribution in [0.5, 0.6) is 0 Å². The molecule has 2 heterocycles. The van der Waals surface area contributed by atoms with Crippen molar-refractivity contribution in [3.05, 3.63) is 35.9 Å². The van der Waals surface area contributed by atoms with Gasteiger partial charge in [0.15, 0.2) is 0 Å². The van der Waals surface area contributed by atoms with Crippen molar-refractivity contribution in [2.45, 2.75) is 71.3 Å². The third kappa shape index (κ3) is 7.68. The van der Waals surface area contributed by atoms with E-state index in [4.69, 9.17) is 9.72 Å². The van der Waals surface area contributed by atoms with E-state index < -0.39 is 5.60 Å². The van der Waals surface area contributed by atoms with E-state index in [1.807, 2.05) is 51.1 Å². The quantitative estimate of drug-likeness (QED) is 0.468. The van der Waals surface area contributed by atoms with Crippen molar-refractivity contribution in [1.82, 2.24) is 15.6 Å². The molecule has 2 aliphatic rings. The first-order valence-electron chi connectivity index (χ1n) is 14.0. The van der Waals surface area contributed by atoms with Crippen LogP contribution in [0.1, 0.15) is 76.1 Å². The summed E-state index contributed by atoms with van der Waals surface area (Å²) in [5, 5.41) is 6.95. The molecule has 0 radical (unpaired) electrons. The molecule has 0 spiro atoms. The van der Waals surface area contributed by atoms with Crippen molar-refractivity contribution in [2.24, 2.45) is 17.8 Å². The van der Waals surface area contributed by atoms with Crippen LogP contribution in [0.3, 0.4) is 0 Å². The molecule has 0 unspecified atom stereocenters. The monoisotopic (exact) mass is 522 g/mol. The second kappa shape index (κ2) is 12.6.